The Kier molecular flexibility index (Phi) is 5.71. The fourth-order valence-corrected chi connectivity index (χ4v) is 2.50. The van der Waals surface area contributed by atoms with Crippen molar-refractivity contribution in [3.05, 3.63) is 81.6 Å². The van der Waals surface area contributed by atoms with Crippen molar-refractivity contribution >= 4 is 40.7 Å². The Morgan fingerprint density at radius 3 is 2.38 bits per heavy atom. The predicted molar refractivity (Wildman–Crippen MR) is 105 cm³/mol. The van der Waals surface area contributed by atoms with E-state index < -0.39 is 0 Å². The van der Waals surface area contributed by atoms with Crippen LogP contribution in [0.5, 0.6) is 0 Å². The molecule has 26 heavy (non-hydrogen) atoms. The van der Waals surface area contributed by atoms with Crippen LogP contribution in [0.25, 0.3) is 0 Å². The third-order valence-corrected chi connectivity index (χ3v) is 4.37. The first-order valence-corrected chi connectivity index (χ1v) is 8.65. The summed E-state index contributed by atoms with van der Waals surface area (Å²) in [5, 5.41) is 7.16. The minimum atomic E-state index is -0.297. The molecule has 0 unspecified atom stereocenters. The Morgan fingerprint density at radius 2 is 1.73 bits per heavy atom. The summed E-state index contributed by atoms with van der Waals surface area (Å²) in [5.41, 5.74) is 2.98. The van der Waals surface area contributed by atoms with Gasteiger partial charge < -0.3 is 10.6 Å². The Labute approximate surface area is 161 Å². The molecule has 1 heterocycles. The summed E-state index contributed by atoms with van der Waals surface area (Å²) in [7, 11) is 0. The molecule has 7 heteroatoms. The molecule has 0 spiro atoms. The highest BCUT2D eigenvalue weighted by Crippen LogP contribution is 2.20. The topological polar surface area (TPSA) is 66.9 Å². The van der Waals surface area contributed by atoms with E-state index in [1.807, 2.05) is 37.3 Å². The lowest BCUT2D eigenvalue weighted by atomic mass is 10.2. The van der Waals surface area contributed by atoms with Crippen molar-refractivity contribution < 1.29 is 4.79 Å². The molecule has 5 nitrogen and oxygen atoms in total. The summed E-state index contributed by atoms with van der Waals surface area (Å²) in [6.45, 7) is 2.46. The average molecular weight is 387 g/mol. The van der Waals surface area contributed by atoms with Crippen LogP contribution >= 0.6 is 23.2 Å². The summed E-state index contributed by atoms with van der Waals surface area (Å²) in [6, 6.07) is 12.8. The van der Waals surface area contributed by atoms with Crippen LogP contribution in [-0.2, 0) is 6.54 Å². The van der Waals surface area contributed by atoms with Crippen LogP contribution in [0.3, 0.4) is 0 Å². The molecule has 0 radical (unpaired) electrons. The molecule has 0 aliphatic heterocycles. The third kappa shape index (κ3) is 4.71. The SMILES string of the molecule is Cc1ccc(NC(=O)c2cnc(NCc3ccc(Cl)cc3)nc2)cc1Cl. The number of nitrogens with zero attached hydrogens (tertiary/aromatic N) is 2. The molecule has 0 aliphatic rings. The second-order valence-corrected chi connectivity index (χ2v) is 6.54. The summed E-state index contributed by atoms with van der Waals surface area (Å²) >= 11 is 11.9. The van der Waals surface area contributed by atoms with Gasteiger partial charge in [-0.05, 0) is 42.3 Å². The summed E-state index contributed by atoms with van der Waals surface area (Å²) < 4.78 is 0. The number of amides is 1. The first-order valence-electron chi connectivity index (χ1n) is 7.89. The molecule has 1 amide bonds. The molecule has 132 valence electrons. The average Bonchev–Trinajstić information content (AvgIpc) is 2.65. The van der Waals surface area contributed by atoms with Gasteiger partial charge in [0.1, 0.15) is 0 Å². The van der Waals surface area contributed by atoms with Crippen LogP contribution in [0.15, 0.2) is 54.9 Å². The van der Waals surface area contributed by atoms with Gasteiger partial charge in [0.05, 0.1) is 5.56 Å². The summed E-state index contributed by atoms with van der Waals surface area (Å²) in [6.07, 6.45) is 2.95. The first kappa shape index (κ1) is 18.2. The number of anilines is 2. The number of aryl methyl sites for hydroxylation is 1. The van der Waals surface area contributed by atoms with E-state index in [-0.39, 0.29) is 5.91 Å². The number of nitrogens with one attached hydrogen (secondary N) is 2. The van der Waals surface area contributed by atoms with Gasteiger partial charge in [-0.25, -0.2) is 9.97 Å². The number of aromatic nitrogens is 2. The molecule has 0 aliphatic carbocycles. The number of benzene rings is 2. The van der Waals surface area contributed by atoms with Gasteiger partial charge in [0, 0.05) is 34.7 Å². The highest BCUT2D eigenvalue weighted by atomic mass is 35.5. The zero-order valence-corrected chi connectivity index (χ0v) is 15.5. The van der Waals surface area contributed by atoms with Gasteiger partial charge in [-0.1, -0.05) is 41.4 Å². The van der Waals surface area contributed by atoms with Gasteiger partial charge in [-0.2, -0.15) is 0 Å². The van der Waals surface area contributed by atoms with Crippen LogP contribution in [0.1, 0.15) is 21.5 Å². The molecule has 3 aromatic rings. The zero-order valence-electron chi connectivity index (χ0n) is 14.0. The Morgan fingerprint density at radius 1 is 1.04 bits per heavy atom. The minimum Gasteiger partial charge on any atom is -0.350 e. The van der Waals surface area contributed by atoms with Gasteiger partial charge in [0.25, 0.3) is 5.91 Å². The van der Waals surface area contributed by atoms with Crippen molar-refractivity contribution in [1.29, 1.82) is 0 Å². The highest BCUT2D eigenvalue weighted by Gasteiger charge is 2.08. The zero-order chi connectivity index (χ0) is 18.5. The molecular weight excluding hydrogens is 371 g/mol. The van der Waals surface area contributed by atoms with Crippen molar-refractivity contribution in [2.45, 2.75) is 13.5 Å². The van der Waals surface area contributed by atoms with E-state index in [0.29, 0.717) is 33.8 Å². The first-order chi connectivity index (χ1) is 12.5. The lowest BCUT2D eigenvalue weighted by Crippen LogP contribution is -2.13. The molecule has 0 bridgehead atoms. The van der Waals surface area contributed by atoms with Crippen molar-refractivity contribution in [3.63, 3.8) is 0 Å². The molecule has 0 saturated carbocycles. The predicted octanol–water partition coefficient (Wildman–Crippen LogP) is 4.96. The van der Waals surface area contributed by atoms with Crippen molar-refractivity contribution in [2.24, 2.45) is 0 Å². The fraction of sp³-hybridized carbons (Fsp3) is 0.105. The largest absolute Gasteiger partial charge is 0.350 e. The van der Waals surface area contributed by atoms with Gasteiger partial charge in [-0.3, -0.25) is 4.79 Å². The molecule has 0 atom stereocenters. The van der Waals surface area contributed by atoms with E-state index in [4.69, 9.17) is 23.2 Å². The molecule has 2 N–H and O–H groups in total. The quantitative estimate of drug-likeness (QED) is 0.650. The van der Waals surface area contributed by atoms with E-state index in [2.05, 4.69) is 20.6 Å². The lowest BCUT2D eigenvalue weighted by Gasteiger charge is -2.08. The smallest absolute Gasteiger partial charge is 0.258 e. The fourth-order valence-electron chi connectivity index (χ4n) is 2.19. The molecule has 2 aromatic carbocycles. The standard InChI is InChI=1S/C19H16Cl2N4O/c1-12-2-7-16(8-17(12)21)25-18(26)14-10-23-19(24-11-14)22-9-13-3-5-15(20)6-4-13/h2-8,10-11H,9H2,1H3,(H,25,26)(H,22,23,24). The Hall–Kier alpha value is -2.63. The highest BCUT2D eigenvalue weighted by molar-refractivity contribution is 6.31. The van der Waals surface area contributed by atoms with Gasteiger partial charge in [0.2, 0.25) is 5.95 Å². The van der Waals surface area contributed by atoms with Crippen molar-refractivity contribution in [3.8, 4) is 0 Å². The van der Waals surface area contributed by atoms with Crippen molar-refractivity contribution in [2.75, 3.05) is 10.6 Å². The van der Waals surface area contributed by atoms with E-state index in [1.165, 1.54) is 12.4 Å². The third-order valence-electron chi connectivity index (χ3n) is 3.71. The second-order valence-electron chi connectivity index (χ2n) is 5.69. The maximum Gasteiger partial charge on any atom is 0.258 e. The normalized spacial score (nSPS) is 10.4. The second kappa shape index (κ2) is 8.17. The Bertz CT molecular complexity index is 912. The number of halogens is 2. The molecule has 0 fully saturated rings. The number of carbonyl (C=O) groups excluding carboxylic acids is 1. The van der Waals surface area contributed by atoms with Gasteiger partial charge in [-0.15, -0.1) is 0 Å². The van der Waals surface area contributed by atoms with E-state index >= 15 is 0 Å². The summed E-state index contributed by atoms with van der Waals surface area (Å²) in [5.74, 6) is 0.143. The number of hydrogen-bond acceptors (Lipinski definition) is 4. The van der Waals surface area contributed by atoms with Crippen LogP contribution in [0.4, 0.5) is 11.6 Å². The maximum atomic E-state index is 12.3. The van der Waals surface area contributed by atoms with E-state index in [9.17, 15) is 4.79 Å². The molecule has 1 aromatic heterocycles. The monoisotopic (exact) mass is 386 g/mol. The molecule has 3 rings (SSSR count). The number of carbonyl (C=O) groups is 1. The molecule has 0 saturated heterocycles. The summed E-state index contributed by atoms with van der Waals surface area (Å²) in [4.78, 5) is 20.6. The van der Waals surface area contributed by atoms with Gasteiger partial charge >= 0.3 is 0 Å². The van der Waals surface area contributed by atoms with E-state index in [1.54, 1.807) is 12.1 Å². The number of hydrogen-bond donors (Lipinski definition) is 2. The molecular formula is C19H16Cl2N4O. The minimum absolute atomic E-state index is 0.297. The van der Waals surface area contributed by atoms with Crippen LogP contribution in [0, 0.1) is 6.92 Å². The number of rotatable bonds is 5. The van der Waals surface area contributed by atoms with Crippen LogP contribution < -0.4 is 10.6 Å². The van der Waals surface area contributed by atoms with E-state index in [0.717, 1.165) is 11.1 Å². The van der Waals surface area contributed by atoms with Crippen molar-refractivity contribution in [1.82, 2.24) is 9.97 Å². The van der Waals surface area contributed by atoms with Gasteiger partial charge in [0.15, 0.2) is 0 Å². The lowest BCUT2D eigenvalue weighted by molar-refractivity contribution is 0.102. The Balaban J connectivity index is 1.60. The van der Waals surface area contributed by atoms with Crippen LogP contribution in [-0.4, -0.2) is 15.9 Å². The van der Waals surface area contributed by atoms with Crippen LogP contribution in [0.2, 0.25) is 10.0 Å². The maximum absolute atomic E-state index is 12.3.